The van der Waals surface area contributed by atoms with Gasteiger partial charge in [-0.15, -0.1) is 0 Å². The number of rotatable bonds is 5. The fourth-order valence-electron chi connectivity index (χ4n) is 3.66. The zero-order valence-electron chi connectivity index (χ0n) is 12.5. The van der Waals surface area contributed by atoms with Crippen LogP contribution in [-0.4, -0.2) is 65.2 Å². The number of nitrogens with zero attached hydrogens (tertiary/aromatic N) is 2. The number of aliphatic carboxylic acids is 1. The van der Waals surface area contributed by atoms with Gasteiger partial charge in [-0.05, 0) is 44.6 Å². The summed E-state index contributed by atoms with van der Waals surface area (Å²) in [6.45, 7) is 2.58. The summed E-state index contributed by atoms with van der Waals surface area (Å²) in [6, 6.07) is 0.449. The first-order chi connectivity index (χ1) is 10.1. The van der Waals surface area contributed by atoms with Crippen molar-refractivity contribution in [1.29, 1.82) is 0 Å². The third kappa shape index (κ3) is 3.67. The zero-order chi connectivity index (χ0) is 14.8. The molecule has 6 heteroatoms. The van der Waals surface area contributed by atoms with Crippen LogP contribution in [0.3, 0.4) is 0 Å². The third-order valence-corrected chi connectivity index (χ3v) is 4.95. The van der Waals surface area contributed by atoms with Crippen molar-refractivity contribution in [2.24, 2.45) is 5.92 Å². The molecule has 2 heterocycles. The van der Waals surface area contributed by atoms with Gasteiger partial charge < -0.3 is 15.3 Å². The number of hydrogen-bond donors (Lipinski definition) is 2. The number of nitrogens with one attached hydrogen (secondary N) is 1. The molecule has 0 radical (unpaired) electrons. The number of fused-ring (bicyclic) bond motifs is 1. The fraction of sp³-hybridized carbons (Fsp3) is 0.867. The summed E-state index contributed by atoms with van der Waals surface area (Å²) >= 11 is 0. The van der Waals surface area contributed by atoms with E-state index in [2.05, 4.69) is 10.2 Å². The largest absolute Gasteiger partial charge is 0.480 e. The van der Waals surface area contributed by atoms with Crippen molar-refractivity contribution in [3.05, 3.63) is 0 Å². The van der Waals surface area contributed by atoms with Crippen molar-refractivity contribution in [2.45, 2.75) is 50.6 Å². The Balaban J connectivity index is 1.56. The maximum absolute atomic E-state index is 12.4. The Morgan fingerprint density at radius 3 is 2.67 bits per heavy atom. The van der Waals surface area contributed by atoms with Gasteiger partial charge in [0.15, 0.2) is 0 Å². The molecule has 2 saturated heterocycles. The van der Waals surface area contributed by atoms with Crippen molar-refractivity contribution in [3.63, 3.8) is 0 Å². The highest BCUT2D eigenvalue weighted by atomic mass is 16.4. The van der Waals surface area contributed by atoms with E-state index in [9.17, 15) is 9.59 Å². The Labute approximate surface area is 125 Å². The first-order valence-electron chi connectivity index (χ1n) is 8.15. The average molecular weight is 295 g/mol. The second kappa shape index (κ2) is 6.22. The lowest BCUT2D eigenvalue weighted by Crippen LogP contribution is -2.52. The molecule has 0 aromatic rings. The normalized spacial score (nSPS) is 29.0. The fourth-order valence-corrected chi connectivity index (χ4v) is 3.66. The minimum Gasteiger partial charge on any atom is -0.480 e. The molecule has 2 amide bonds. The Morgan fingerprint density at radius 1 is 1.14 bits per heavy atom. The molecule has 2 aliphatic heterocycles. The number of piperidine rings is 1. The lowest BCUT2D eigenvalue weighted by Gasteiger charge is -2.33. The van der Waals surface area contributed by atoms with Crippen LogP contribution < -0.4 is 5.32 Å². The molecule has 0 spiro atoms. The van der Waals surface area contributed by atoms with Crippen molar-refractivity contribution in [3.8, 4) is 0 Å². The second-order valence-electron chi connectivity index (χ2n) is 6.66. The van der Waals surface area contributed by atoms with E-state index in [-0.39, 0.29) is 18.6 Å². The van der Waals surface area contributed by atoms with Crippen LogP contribution in [-0.2, 0) is 4.79 Å². The monoisotopic (exact) mass is 295 g/mol. The van der Waals surface area contributed by atoms with Crippen LogP contribution in [0.25, 0.3) is 0 Å². The lowest BCUT2D eigenvalue weighted by atomic mass is 9.99. The van der Waals surface area contributed by atoms with E-state index >= 15 is 0 Å². The number of carbonyl (C=O) groups excluding carboxylic acids is 1. The molecule has 3 fully saturated rings. The van der Waals surface area contributed by atoms with E-state index in [1.807, 2.05) is 0 Å². The number of amides is 2. The standard InChI is InChI=1S/C15H25N3O3/c19-14(20)10-18(9-11-4-5-11)15(21)16-12-6-8-17-7-2-1-3-13(12)17/h11-13H,1-10H2,(H,16,21)(H,19,20). The topological polar surface area (TPSA) is 72.9 Å². The Hall–Kier alpha value is -1.30. The van der Waals surface area contributed by atoms with Gasteiger partial charge in [-0.1, -0.05) is 6.42 Å². The van der Waals surface area contributed by atoms with Crippen molar-refractivity contribution in [1.82, 2.24) is 15.1 Å². The number of carboxylic acids is 1. The predicted molar refractivity (Wildman–Crippen MR) is 78.1 cm³/mol. The highest BCUT2D eigenvalue weighted by Crippen LogP contribution is 2.30. The summed E-state index contributed by atoms with van der Waals surface area (Å²) < 4.78 is 0. The zero-order valence-corrected chi connectivity index (χ0v) is 12.5. The Kier molecular flexibility index (Phi) is 4.33. The van der Waals surface area contributed by atoms with E-state index in [4.69, 9.17) is 5.11 Å². The molecule has 21 heavy (non-hydrogen) atoms. The van der Waals surface area contributed by atoms with Gasteiger partial charge in [0.1, 0.15) is 6.54 Å². The van der Waals surface area contributed by atoms with E-state index in [1.54, 1.807) is 0 Å². The average Bonchev–Trinajstić information content (AvgIpc) is 3.18. The van der Waals surface area contributed by atoms with Crippen molar-refractivity contribution in [2.75, 3.05) is 26.2 Å². The summed E-state index contributed by atoms with van der Waals surface area (Å²) in [7, 11) is 0. The smallest absolute Gasteiger partial charge is 0.323 e. The summed E-state index contributed by atoms with van der Waals surface area (Å²) in [5.41, 5.74) is 0. The van der Waals surface area contributed by atoms with E-state index in [0.29, 0.717) is 18.5 Å². The lowest BCUT2D eigenvalue weighted by molar-refractivity contribution is -0.137. The first-order valence-corrected chi connectivity index (χ1v) is 8.15. The quantitative estimate of drug-likeness (QED) is 0.797. The molecule has 0 aromatic heterocycles. The van der Waals surface area contributed by atoms with Crippen molar-refractivity contribution >= 4 is 12.0 Å². The molecule has 6 nitrogen and oxygen atoms in total. The Bertz CT molecular complexity index is 411. The van der Waals surface area contributed by atoms with Gasteiger partial charge in [0.2, 0.25) is 0 Å². The van der Waals surface area contributed by atoms with E-state index in [0.717, 1.165) is 38.8 Å². The van der Waals surface area contributed by atoms with Crippen LogP contribution in [0.1, 0.15) is 38.5 Å². The van der Waals surface area contributed by atoms with Crippen molar-refractivity contribution < 1.29 is 14.7 Å². The highest BCUT2D eigenvalue weighted by molar-refractivity contribution is 5.80. The van der Waals surface area contributed by atoms with Gasteiger partial charge in [0.05, 0.1) is 0 Å². The van der Waals surface area contributed by atoms with E-state index in [1.165, 1.54) is 17.7 Å². The van der Waals surface area contributed by atoms with E-state index < -0.39 is 5.97 Å². The van der Waals surface area contributed by atoms with Crippen LogP contribution in [0, 0.1) is 5.92 Å². The van der Waals surface area contributed by atoms with Crippen LogP contribution in [0.2, 0.25) is 0 Å². The summed E-state index contributed by atoms with van der Waals surface area (Å²) in [5.74, 6) is -0.429. The van der Waals surface area contributed by atoms with Crippen LogP contribution in [0.15, 0.2) is 0 Å². The summed E-state index contributed by atoms with van der Waals surface area (Å²) in [4.78, 5) is 27.3. The van der Waals surface area contributed by atoms with Gasteiger partial charge in [-0.2, -0.15) is 0 Å². The molecule has 118 valence electrons. The molecular weight excluding hydrogens is 270 g/mol. The van der Waals surface area contributed by atoms with Gasteiger partial charge in [-0.3, -0.25) is 9.69 Å². The maximum Gasteiger partial charge on any atom is 0.323 e. The third-order valence-electron chi connectivity index (χ3n) is 4.95. The summed E-state index contributed by atoms with van der Waals surface area (Å²) in [5, 5.41) is 12.1. The number of carboxylic acid groups (broad SMARTS) is 1. The number of carbonyl (C=O) groups is 2. The van der Waals surface area contributed by atoms with Gasteiger partial charge in [0, 0.05) is 25.2 Å². The van der Waals surface area contributed by atoms with Crippen LogP contribution in [0.4, 0.5) is 4.79 Å². The highest BCUT2D eigenvalue weighted by Gasteiger charge is 2.37. The Morgan fingerprint density at radius 2 is 1.95 bits per heavy atom. The molecule has 2 atom stereocenters. The molecule has 3 rings (SSSR count). The molecule has 3 aliphatic rings. The minimum atomic E-state index is -0.934. The minimum absolute atomic E-state index is 0.188. The predicted octanol–water partition coefficient (Wildman–Crippen LogP) is 1.12. The molecule has 1 saturated carbocycles. The van der Waals surface area contributed by atoms with Crippen LogP contribution >= 0.6 is 0 Å². The molecule has 0 aromatic carbocycles. The molecular formula is C15H25N3O3. The molecule has 0 bridgehead atoms. The number of hydrogen-bond acceptors (Lipinski definition) is 3. The van der Waals surface area contributed by atoms with Gasteiger partial charge in [0.25, 0.3) is 0 Å². The number of urea groups is 1. The maximum atomic E-state index is 12.4. The molecule has 1 aliphatic carbocycles. The van der Waals surface area contributed by atoms with Crippen LogP contribution in [0.5, 0.6) is 0 Å². The second-order valence-corrected chi connectivity index (χ2v) is 6.66. The SMILES string of the molecule is O=C(O)CN(CC1CC1)C(=O)NC1CCN2CCCCC12. The molecule has 2 N–H and O–H groups in total. The molecule has 2 unspecified atom stereocenters. The first kappa shape index (κ1) is 14.6. The van der Waals surface area contributed by atoms with Gasteiger partial charge >= 0.3 is 12.0 Å². The van der Waals surface area contributed by atoms with Gasteiger partial charge in [-0.25, -0.2) is 4.79 Å². The summed E-state index contributed by atoms with van der Waals surface area (Å²) in [6.07, 6.45) is 6.85.